The minimum Gasteiger partial charge on any atom is -0.477 e. The Hall–Kier alpha value is -1.13. The Morgan fingerprint density at radius 3 is 2.39 bits per heavy atom. The fraction of sp³-hybridized carbons (Fsp3) is 0.357. The number of halogens is 1. The lowest BCUT2D eigenvalue weighted by Gasteiger charge is -2.28. The van der Waals surface area contributed by atoms with Crippen molar-refractivity contribution >= 4 is 21.9 Å². The molecule has 0 saturated carbocycles. The molecule has 3 nitrogen and oxygen atoms in total. The molecule has 1 aliphatic heterocycles. The minimum atomic E-state index is -0.860. The molecular formula is C14H16BrNO2. The number of carbonyl (C=O) groups is 1. The van der Waals surface area contributed by atoms with E-state index in [1.165, 1.54) is 5.56 Å². The highest BCUT2D eigenvalue weighted by atomic mass is 79.9. The zero-order valence-electron chi connectivity index (χ0n) is 10.1. The van der Waals surface area contributed by atoms with E-state index in [-0.39, 0.29) is 0 Å². The van der Waals surface area contributed by atoms with Gasteiger partial charge in [0.1, 0.15) is 4.48 Å². The van der Waals surface area contributed by atoms with E-state index >= 15 is 0 Å². The normalized spacial score (nSPS) is 16.6. The third-order valence-electron chi connectivity index (χ3n) is 3.21. The molecule has 1 aromatic carbocycles. The van der Waals surface area contributed by atoms with Gasteiger partial charge in [-0.3, -0.25) is 4.90 Å². The quantitative estimate of drug-likeness (QED) is 0.873. The number of piperidine rings is 1. The van der Waals surface area contributed by atoms with Crippen molar-refractivity contribution in [1.82, 2.24) is 4.90 Å². The Morgan fingerprint density at radius 1 is 1.22 bits per heavy atom. The number of benzene rings is 1. The molecule has 18 heavy (non-hydrogen) atoms. The van der Waals surface area contributed by atoms with Crippen LogP contribution in [0.15, 0.2) is 40.4 Å². The van der Waals surface area contributed by atoms with Crippen molar-refractivity contribution in [1.29, 1.82) is 0 Å². The molecule has 1 N–H and O–H groups in total. The average molecular weight is 310 g/mol. The lowest BCUT2D eigenvalue weighted by molar-refractivity contribution is -0.131. The predicted molar refractivity (Wildman–Crippen MR) is 74.5 cm³/mol. The van der Waals surface area contributed by atoms with Crippen molar-refractivity contribution < 1.29 is 9.90 Å². The summed E-state index contributed by atoms with van der Waals surface area (Å²) < 4.78 is 0.349. The van der Waals surface area contributed by atoms with Crippen LogP contribution in [0.4, 0.5) is 0 Å². The van der Waals surface area contributed by atoms with E-state index in [2.05, 4.69) is 33.0 Å². The maximum Gasteiger partial charge on any atom is 0.342 e. The van der Waals surface area contributed by atoms with E-state index in [0.717, 1.165) is 38.0 Å². The van der Waals surface area contributed by atoms with Gasteiger partial charge in [-0.05, 0) is 39.9 Å². The first-order valence-corrected chi connectivity index (χ1v) is 6.83. The third-order valence-corrected chi connectivity index (χ3v) is 4.11. The van der Waals surface area contributed by atoms with Crippen LogP contribution in [-0.2, 0) is 11.3 Å². The third kappa shape index (κ3) is 3.43. The molecule has 0 amide bonds. The van der Waals surface area contributed by atoms with Crippen molar-refractivity contribution in [2.24, 2.45) is 0 Å². The molecule has 0 aromatic heterocycles. The summed E-state index contributed by atoms with van der Waals surface area (Å²) in [6.07, 6.45) is 1.67. The van der Waals surface area contributed by atoms with Crippen LogP contribution in [0, 0.1) is 0 Å². The summed E-state index contributed by atoms with van der Waals surface area (Å²) in [5.41, 5.74) is 2.33. The molecule has 2 rings (SSSR count). The fourth-order valence-electron chi connectivity index (χ4n) is 2.19. The van der Waals surface area contributed by atoms with Crippen molar-refractivity contribution in [2.75, 3.05) is 13.1 Å². The van der Waals surface area contributed by atoms with Crippen LogP contribution in [0.5, 0.6) is 0 Å². The van der Waals surface area contributed by atoms with Gasteiger partial charge in [0.2, 0.25) is 0 Å². The van der Waals surface area contributed by atoms with E-state index < -0.39 is 5.97 Å². The van der Waals surface area contributed by atoms with Crippen LogP contribution >= 0.6 is 15.9 Å². The number of carboxylic acid groups (broad SMARTS) is 1. The molecule has 0 atom stereocenters. The monoisotopic (exact) mass is 309 g/mol. The van der Waals surface area contributed by atoms with E-state index in [1.807, 2.05) is 18.2 Å². The zero-order valence-corrected chi connectivity index (χ0v) is 11.7. The average Bonchev–Trinajstić information content (AvgIpc) is 2.40. The molecule has 1 aromatic rings. The first kappa shape index (κ1) is 13.3. The van der Waals surface area contributed by atoms with Gasteiger partial charge in [-0.1, -0.05) is 30.3 Å². The number of hydrogen-bond acceptors (Lipinski definition) is 2. The number of aliphatic carboxylic acids is 1. The van der Waals surface area contributed by atoms with Gasteiger partial charge in [0.05, 0.1) is 0 Å². The first-order chi connectivity index (χ1) is 8.66. The lowest BCUT2D eigenvalue weighted by Crippen LogP contribution is -2.30. The molecule has 0 aliphatic carbocycles. The molecule has 1 fully saturated rings. The predicted octanol–water partition coefficient (Wildman–Crippen LogP) is 3.02. The second kappa shape index (κ2) is 6.16. The van der Waals surface area contributed by atoms with Gasteiger partial charge >= 0.3 is 5.97 Å². The summed E-state index contributed by atoms with van der Waals surface area (Å²) in [5.74, 6) is -0.860. The molecule has 1 saturated heterocycles. The summed E-state index contributed by atoms with van der Waals surface area (Å²) in [4.78, 5) is 13.2. The molecule has 4 heteroatoms. The SMILES string of the molecule is O=C(O)C(Br)=C1CCN(Cc2ccccc2)CC1. The van der Waals surface area contributed by atoms with Crippen molar-refractivity contribution in [3.8, 4) is 0 Å². The first-order valence-electron chi connectivity index (χ1n) is 6.04. The molecule has 1 heterocycles. The van der Waals surface area contributed by atoms with E-state index in [9.17, 15) is 4.79 Å². The Kier molecular flexibility index (Phi) is 4.55. The van der Waals surface area contributed by atoms with E-state index in [4.69, 9.17) is 5.11 Å². The Labute approximate surface area is 115 Å². The van der Waals surface area contributed by atoms with Crippen molar-refractivity contribution in [3.63, 3.8) is 0 Å². The van der Waals surface area contributed by atoms with Crippen LogP contribution in [0.1, 0.15) is 18.4 Å². The maximum atomic E-state index is 10.9. The number of rotatable bonds is 3. The summed E-state index contributed by atoms with van der Waals surface area (Å²) in [5, 5.41) is 8.92. The number of likely N-dealkylation sites (tertiary alicyclic amines) is 1. The summed E-state index contributed by atoms with van der Waals surface area (Å²) in [6.45, 7) is 2.79. The van der Waals surface area contributed by atoms with Crippen LogP contribution in [0.25, 0.3) is 0 Å². The summed E-state index contributed by atoms with van der Waals surface area (Å²) in [7, 11) is 0. The number of nitrogens with zero attached hydrogens (tertiary/aromatic N) is 1. The standard InChI is InChI=1S/C14H16BrNO2/c15-13(14(17)18)12-6-8-16(9-7-12)10-11-4-2-1-3-5-11/h1-5H,6-10H2,(H,17,18). The maximum absolute atomic E-state index is 10.9. The highest BCUT2D eigenvalue weighted by Crippen LogP contribution is 2.24. The van der Waals surface area contributed by atoms with Gasteiger partial charge in [0.15, 0.2) is 0 Å². The topological polar surface area (TPSA) is 40.5 Å². The van der Waals surface area contributed by atoms with Gasteiger partial charge in [-0.15, -0.1) is 0 Å². The fourth-order valence-corrected chi connectivity index (χ4v) is 2.59. The highest BCUT2D eigenvalue weighted by Gasteiger charge is 2.18. The van der Waals surface area contributed by atoms with Gasteiger partial charge in [0, 0.05) is 19.6 Å². The lowest BCUT2D eigenvalue weighted by atomic mass is 10.0. The molecule has 1 aliphatic rings. The minimum absolute atomic E-state index is 0.349. The van der Waals surface area contributed by atoms with E-state index in [0.29, 0.717) is 4.48 Å². The number of hydrogen-bond donors (Lipinski definition) is 1. The van der Waals surface area contributed by atoms with Gasteiger partial charge < -0.3 is 5.11 Å². The largest absolute Gasteiger partial charge is 0.477 e. The van der Waals surface area contributed by atoms with Gasteiger partial charge in [-0.25, -0.2) is 4.79 Å². The number of carboxylic acids is 1. The Bertz CT molecular complexity index is 446. The summed E-state index contributed by atoms with van der Waals surface area (Å²) in [6, 6.07) is 10.4. The molecular weight excluding hydrogens is 294 g/mol. The Morgan fingerprint density at radius 2 is 1.83 bits per heavy atom. The summed E-state index contributed by atoms with van der Waals surface area (Å²) >= 11 is 3.15. The molecule has 0 bridgehead atoms. The second-order valence-corrected chi connectivity index (χ2v) is 5.28. The second-order valence-electron chi connectivity index (χ2n) is 4.48. The van der Waals surface area contributed by atoms with E-state index in [1.54, 1.807) is 0 Å². The molecule has 0 unspecified atom stereocenters. The molecule has 0 spiro atoms. The molecule has 96 valence electrons. The van der Waals surface area contributed by atoms with Crippen LogP contribution in [0.2, 0.25) is 0 Å². The molecule has 0 radical (unpaired) electrons. The van der Waals surface area contributed by atoms with Crippen molar-refractivity contribution in [3.05, 3.63) is 46.0 Å². The van der Waals surface area contributed by atoms with Crippen LogP contribution in [0.3, 0.4) is 0 Å². The Balaban J connectivity index is 1.91. The van der Waals surface area contributed by atoms with Crippen LogP contribution in [-0.4, -0.2) is 29.1 Å². The smallest absolute Gasteiger partial charge is 0.342 e. The van der Waals surface area contributed by atoms with Gasteiger partial charge in [-0.2, -0.15) is 0 Å². The van der Waals surface area contributed by atoms with Crippen LogP contribution < -0.4 is 0 Å². The zero-order chi connectivity index (χ0) is 13.0. The highest BCUT2D eigenvalue weighted by molar-refractivity contribution is 9.12. The van der Waals surface area contributed by atoms with Gasteiger partial charge in [0.25, 0.3) is 0 Å². The van der Waals surface area contributed by atoms with Crippen molar-refractivity contribution in [2.45, 2.75) is 19.4 Å².